The number of hydrogen-bond donors (Lipinski definition) is 1. The van der Waals surface area contributed by atoms with Crippen LogP contribution in [0.4, 0.5) is 5.69 Å². The van der Waals surface area contributed by atoms with Gasteiger partial charge in [0.15, 0.2) is 0 Å². The van der Waals surface area contributed by atoms with Gasteiger partial charge in [-0.15, -0.1) is 0 Å². The molecule has 3 rings (SSSR count). The fourth-order valence-corrected chi connectivity index (χ4v) is 6.57. The molecule has 226 valence electrons. The molecule has 0 fully saturated rings. The average Bonchev–Trinajstić information content (AvgIpc) is 2.94. The number of aryl methyl sites for hydroxylation is 1. The van der Waals surface area contributed by atoms with Gasteiger partial charge in [-0.25, -0.2) is 8.42 Å². The number of nitrogens with one attached hydrogen (secondary N) is 1. The maximum atomic E-state index is 14.2. The predicted molar refractivity (Wildman–Crippen MR) is 171 cm³/mol. The van der Waals surface area contributed by atoms with Gasteiger partial charge in [-0.3, -0.25) is 13.9 Å². The standard InChI is InChI=1S/C30H33Cl4N3O4S/c1-5-20(4)35-30(39)26(6-2)36(17-21-12-13-22(31)16-25(21)33)28(38)18-37(27-9-7-8-24(32)29(27)34)42(40,41)23-14-10-19(3)11-15-23/h7-16,20,26H,5-6,17-18H2,1-4H3,(H,35,39)/t20-,26-/m1/s1. The van der Waals surface area contributed by atoms with Gasteiger partial charge >= 0.3 is 0 Å². The number of sulfonamides is 1. The van der Waals surface area contributed by atoms with Crippen molar-refractivity contribution in [2.24, 2.45) is 0 Å². The molecule has 0 saturated carbocycles. The highest BCUT2D eigenvalue weighted by Gasteiger charge is 2.35. The SMILES string of the molecule is CC[C@@H](C)NC(=O)[C@@H](CC)N(Cc1ccc(Cl)cc1Cl)C(=O)CN(c1cccc(Cl)c1Cl)S(=O)(=O)c1ccc(C)cc1. The second kappa shape index (κ2) is 14.8. The number of carbonyl (C=O) groups is 2. The number of benzene rings is 3. The van der Waals surface area contributed by atoms with Crippen LogP contribution in [0, 0.1) is 6.92 Å². The van der Waals surface area contributed by atoms with Crippen LogP contribution in [0.15, 0.2) is 65.6 Å². The highest BCUT2D eigenvalue weighted by atomic mass is 35.5. The number of halogens is 4. The van der Waals surface area contributed by atoms with Crippen molar-refractivity contribution >= 4 is 73.9 Å². The number of carbonyl (C=O) groups excluding carboxylic acids is 2. The van der Waals surface area contributed by atoms with Gasteiger partial charge in [-0.1, -0.05) is 90.1 Å². The molecular weight excluding hydrogens is 640 g/mol. The average molecular weight is 673 g/mol. The Balaban J connectivity index is 2.13. The van der Waals surface area contributed by atoms with Crippen LogP contribution in [0.5, 0.6) is 0 Å². The topological polar surface area (TPSA) is 86.8 Å². The van der Waals surface area contributed by atoms with Gasteiger partial charge in [0.2, 0.25) is 11.8 Å². The zero-order valence-electron chi connectivity index (χ0n) is 23.7. The summed E-state index contributed by atoms with van der Waals surface area (Å²) in [5.74, 6) is -1.00. The molecule has 0 unspecified atom stereocenters. The van der Waals surface area contributed by atoms with Gasteiger partial charge in [0, 0.05) is 22.6 Å². The van der Waals surface area contributed by atoms with Crippen molar-refractivity contribution in [1.29, 1.82) is 0 Å². The van der Waals surface area contributed by atoms with Crippen LogP contribution in [0.3, 0.4) is 0 Å². The minimum absolute atomic E-state index is 0.0275. The molecule has 0 saturated heterocycles. The molecule has 1 N–H and O–H groups in total. The molecule has 2 amide bonds. The Morgan fingerprint density at radius 1 is 0.905 bits per heavy atom. The molecule has 3 aromatic rings. The summed E-state index contributed by atoms with van der Waals surface area (Å²) >= 11 is 25.3. The van der Waals surface area contributed by atoms with E-state index in [0.29, 0.717) is 22.0 Å². The monoisotopic (exact) mass is 671 g/mol. The zero-order chi connectivity index (χ0) is 31.2. The van der Waals surface area contributed by atoms with Gasteiger partial charge < -0.3 is 10.2 Å². The molecule has 0 bridgehead atoms. The van der Waals surface area contributed by atoms with E-state index in [1.54, 1.807) is 43.3 Å². The molecule has 12 heteroatoms. The number of amides is 2. The van der Waals surface area contributed by atoms with Crippen molar-refractivity contribution in [3.63, 3.8) is 0 Å². The number of anilines is 1. The summed E-state index contributed by atoms with van der Waals surface area (Å²) < 4.78 is 28.9. The van der Waals surface area contributed by atoms with E-state index in [0.717, 1.165) is 9.87 Å². The van der Waals surface area contributed by atoms with E-state index in [4.69, 9.17) is 46.4 Å². The number of hydrogen-bond acceptors (Lipinski definition) is 4. The lowest BCUT2D eigenvalue weighted by Crippen LogP contribution is -2.53. The smallest absolute Gasteiger partial charge is 0.264 e. The first-order valence-corrected chi connectivity index (χ1v) is 16.3. The van der Waals surface area contributed by atoms with Crippen LogP contribution in [0.2, 0.25) is 20.1 Å². The Morgan fingerprint density at radius 2 is 1.57 bits per heavy atom. The quantitative estimate of drug-likeness (QED) is 0.216. The van der Waals surface area contributed by atoms with E-state index < -0.39 is 28.5 Å². The Labute approximate surface area is 267 Å². The molecule has 0 aliphatic rings. The molecule has 2 atom stereocenters. The van der Waals surface area contributed by atoms with Crippen molar-refractivity contribution < 1.29 is 18.0 Å². The maximum absolute atomic E-state index is 14.2. The van der Waals surface area contributed by atoms with Crippen LogP contribution in [-0.2, 0) is 26.2 Å². The summed E-state index contributed by atoms with van der Waals surface area (Å²) in [6.45, 7) is 6.69. The van der Waals surface area contributed by atoms with Gasteiger partial charge in [0.05, 0.1) is 20.6 Å². The van der Waals surface area contributed by atoms with E-state index in [2.05, 4.69) is 5.32 Å². The Morgan fingerprint density at radius 3 is 2.17 bits per heavy atom. The number of nitrogens with zero attached hydrogens (tertiary/aromatic N) is 2. The van der Waals surface area contributed by atoms with Crippen LogP contribution in [0.1, 0.15) is 44.7 Å². The van der Waals surface area contributed by atoms with Gasteiger partial charge in [-0.2, -0.15) is 0 Å². The van der Waals surface area contributed by atoms with Gasteiger partial charge in [0.1, 0.15) is 12.6 Å². The second-order valence-electron chi connectivity index (χ2n) is 9.90. The lowest BCUT2D eigenvalue weighted by Gasteiger charge is -2.34. The zero-order valence-corrected chi connectivity index (χ0v) is 27.5. The fourth-order valence-electron chi connectivity index (χ4n) is 4.23. The Kier molecular flexibility index (Phi) is 12.0. The summed E-state index contributed by atoms with van der Waals surface area (Å²) in [5.41, 5.74) is 1.43. The van der Waals surface area contributed by atoms with E-state index in [-0.39, 0.29) is 45.5 Å². The van der Waals surface area contributed by atoms with Crippen molar-refractivity contribution in [3.8, 4) is 0 Å². The first kappa shape index (κ1) is 34.0. The lowest BCUT2D eigenvalue weighted by molar-refractivity contribution is -0.140. The molecular formula is C30H33Cl4N3O4S. The summed E-state index contributed by atoms with van der Waals surface area (Å²) in [4.78, 5) is 28.9. The van der Waals surface area contributed by atoms with Crippen LogP contribution in [-0.4, -0.2) is 43.8 Å². The minimum atomic E-state index is -4.30. The largest absolute Gasteiger partial charge is 0.352 e. The summed E-state index contributed by atoms with van der Waals surface area (Å²) in [6.07, 6.45) is 0.955. The second-order valence-corrected chi connectivity index (χ2v) is 13.4. The number of rotatable bonds is 12. The first-order valence-electron chi connectivity index (χ1n) is 13.4. The van der Waals surface area contributed by atoms with E-state index in [1.165, 1.54) is 29.2 Å². The van der Waals surface area contributed by atoms with Crippen LogP contribution in [0.25, 0.3) is 0 Å². The minimum Gasteiger partial charge on any atom is -0.352 e. The summed E-state index contributed by atoms with van der Waals surface area (Å²) in [6, 6.07) is 14.6. The highest BCUT2D eigenvalue weighted by molar-refractivity contribution is 7.92. The Bertz CT molecular complexity index is 1530. The van der Waals surface area contributed by atoms with E-state index >= 15 is 0 Å². The summed E-state index contributed by atoms with van der Waals surface area (Å²) in [5, 5.41) is 3.74. The normalized spacial score (nSPS) is 12.9. The third-order valence-corrected chi connectivity index (χ3v) is 10.0. The van der Waals surface area contributed by atoms with Crippen molar-refractivity contribution in [2.75, 3.05) is 10.8 Å². The molecule has 3 aromatic carbocycles. The van der Waals surface area contributed by atoms with Gasteiger partial charge in [-0.05, 0) is 68.7 Å². The molecule has 42 heavy (non-hydrogen) atoms. The highest BCUT2D eigenvalue weighted by Crippen LogP contribution is 2.36. The molecule has 0 aliphatic carbocycles. The maximum Gasteiger partial charge on any atom is 0.264 e. The molecule has 0 radical (unpaired) electrons. The van der Waals surface area contributed by atoms with Crippen LogP contribution < -0.4 is 9.62 Å². The first-order chi connectivity index (χ1) is 19.8. The van der Waals surface area contributed by atoms with Crippen molar-refractivity contribution in [2.45, 2.75) is 64.1 Å². The third-order valence-electron chi connectivity index (χ3n) is 6.83. The van der Waals surface area contributed by atoms with Crippen LogP contribution >= 0.6 is 46.4 Å². The van der Waals surface area contributed by atoms with E-state index in [9.17, 15) is 18.0 Å². The van der Waals surface area contributed by atoms with Crippen molar-refractivity contribution in [1.82, 2.24) is 10.2 Å². The molecule has 0 spiro atoms. The van der Waals surface area contributed by atoms with Crippen molar-refractivity contribution in [3.05, 3.63) is 91.9 Å². The fraction of sp³-hybridized carbons (Fsp3) is 0.333. The predicted octanol–water partition coefficient (Wildman–Crippen LogP) is 7.53. The van der Waals surface area contributed by atoms with E-state index in [1.807, 2.05) is 20.8 Å². The molecule has 0 aliphatic heterocycles. The molecule has 0 aromatic heterocycles. The van der Waals surface area contributed by atoms with Gasteiger partial charge in [0.25, 0.3) is 10.0 Å². The lowest BCUT2D eigenvalue weighted by atomic mass is 10.1. The molecule has 0 heterocycles. The summed E-state index contributed by atoms with van der Waals surface area (Å²) in [7, 11) is -4.30. The Hall–Kier alpha value is -2.49. The third kappa shape index (κ3) is 8.11. The molecule has 7 nitrogen and oxygen atoms in total.